The number of amides is 1. The zero-order chi connectivity index (χ0) is 14.6. The van der Waals surface area contributed by atoms with Crippen LogP contribution in [0.3, 0.4) is 0 Å². The van der Waals surface area contributed by atoms with E-state index in [1.165, 1.54) is 0 Å². The van der Waals surface area contributed by atoms with Gasteiger partial charge in [0.15, 0.2) is 0 Å². The number of hydrogen-bond donors (Lipinski definition) is 2. The molecule has 0 aliphatic carbocycles. The molecule has 4 heteroatoms. The maximum atomic E-state index is 12.6. The first-order valence-electron chi connectivity index (χ1n) is 7.32. The Morgan fingerprint density at radius 1 is 1.55 bits per heavy atom. The third-order valence-corrected chi connectivity index (χ3v) is 4.35. The van der Waals surface area contributed by atoms with E-state index in [9.17, 15) is 4.79 Å². The lowest BCUT2D eigenvalue weighted by Crippen LogP contribution is -2.49. The van der Waals surface area contributed by atoms with Gasteiger partial charge in [-0.2, -0.15) is 0 Å². The molecule has 0 saturated carbocycles. The van der Waals surface area contributed by atoms with E-state index >= 15 is 0 Å². The molecule has 0 aromatic heterocycles. The van der Waals surface area contributed by atoms with Crippen molar-refractivity contribution in [2.75, 3.05) is 13.1 Å². The minimum atomic E-state index is -0.301. The summed E-state index contributed by atoms with van der Waals surface area (Å²) in [6.07, 6.45) is 2.85. The lowest BCUT2D eigenvalue weighted by Gasteiger charge is -2.34. The molecule has 2 unspecified atom stereocenters. The van der Waals surface area contributed by atoms with Gasteiger partial charge in [0, 0.05) is 11.6 Å². The molecule has 1 aromatic rings. The fraction of sp³-hybridized carbons (Fsp3) is 0.562. The SMILES string of the molecule is CCC(NC(=O)C1(C)CCCNC1)c1cccc(Cl)c1. The topological polar surface area (TPSA) is 41.1 Å². The van der Waals surface area contributed by atoms with Crippen LogP contribution in [-0.2, 0) is 4.79 Å². The maximum absolute atomic E-state index is 12.6. The highest BCUT2D eigenvalue weighted by atomic mass is 35.5. The third kappa shape index (κ3) is 3.53. The number of piperidine rings is 1. The molecular formula is C16H23ClN2O. The Labute approximate surface area is 126 Å². The van der Waals surface area contributed by atoms with Gasteiger partial charge in [-0.1, -0.05) is 30.7 Å². The number of carbonyl (C=O) groups excluding carboxylic acids is 1. The minimum absolute atomic E-state index is 0.0277. The summed E-state index contributed by atoms with van der Waals surface area (Å²) in [5.41, 5.74) is 0.769. The van der Waals surface area contributed by atoms with Crippen LogP contribution >= 0.6 is 11.6 Å². The van der Waals surface area contributed by atoms with Crippen LogP contribution in [0.2, 0.25) is 5.02 Å². The van der Waals surface area contributed by atoms with Crippen molar-refractivity contribution in [3.05, 3.63) is 34.9 Å². The first-order chi connectivity index (χ1) is 9.55. The molecule has 1 aliphatic rings. The number of nitrogens with one attached hydrogen (secondary N) is 2. The van der Waals surface area contributed by atoms with Gasteiger partial charge < -0.3 is 10.6 Å². The fourth-order valence-electron chi connectivity index (χ4n) is 2.73. The summed E-state index contributed by atoms with van der Waals surface area (Å²) in [6, 6.07) is 7.75. The van der Waals surface area contributed by atoms with Crippen molar-refractivity contribution in [2.24, 2.45) is 5.41 Å². The van der Waals surface area contributed by atoms with Gasteiger partial charge >= 0.3 is 0 Å². The summed E-state index contributed by atoms with van der Waals surface area (Å²) in [4.78, 5) is 12.6. The molecular weight excluding hydrogens is 272 g/mol. The summed E-state index contributed by atoms with van der Waals surface area (Å²) >= 11 is 6.04. The van der Waals surface area contributed by atoms with Crippen molar-refractivity contribution in [2.45, 2.75) is 39.2 Å². The van der Waals surface area contributed by atoms with Gasteiger partial charge in [-0.05, 0) is 50.4 Å². The Hall–Kier alpha value is -1.06. The van der Waals surface area contributed by atoms with Crippen LogP contribution in [0.5, 0.6) is 0 Å². The Morgan fingerprint density at radius 3 is 2.95 bits per heavy atom. The van der Waals surface area contributed by atoms with Gasteiger partial charge in [-0.15, -0.1) is 0 Å². The highest BCUT2D eigenvalue weighted by molar-refractivity contribution is 6.30. The van der Waals surface area contributed by atoms with E-state index in [0.717, 1.165) is 37.9 Å². The Balaban J connectivity index is 2.08. The standard InChI is InChI=1S/C16H23ClN2O/c1-3-14(12-6-4-7-13(17)10-12)19-15(20)16(2)8-5-9-18-11-16/h4,6-7,10,14,18H,3,5,8-9,11H2,1-2H3,(H,19,20). The Kier molecular flexibility index (Phi) is 5.06. The van der Waals surface area contributed by atoms with Crippen LogP contribution < -0.4 is 10.6 Å². The van der Waals surface area contributed by atoms with Gasteiger partial charge in [0.25, 0.3) is 0 Å². The summed E-state index contributed by atoms with van der Waals surface area (Å²) < 4.78 is 0. The van der Waals surface area contributed by atoms with E-state index in [0.29, 0.717) is 5.02 Å². The molecule has 3 nitrogen and oxygen atoms in total. The van der Waals surface area contributed by atoms with Gasteiger partial charge in [0.2, 0.25) is 5.91 Å². The van der Waals surface area contributed by atoms with Crippen LogP contribution in [0.1, 0.15) is 44.7 Å². The molecule has 20 heavy (non-hydrogen) atoms. The van der Waals surface area contributed by atoms with Crippen LogP contribution in [0.4, 0.5) is 0 Å². The average molecular weight is 295 g/mol. The molecule has 110 valence electrons. The molecule has 1 aromatic carbocycles. The van der Waals surface area contributed by atoms with E-state index in [1.54, 1.807) is 0 Å². The lowest BCUT2D eigenvalue weighted by atomic mass is 9.81. The summed E-state index contributed by atoms with van der Waals surface area (Å²) in [6.45, 7) is 5.88. The van der Waals surface area contributed by atoms with Crippen molar-refractivity contribution >= 4 is 17.5 Å². The van der Waals surface area contributed by atoms with Crippen molar-refractivity contribution < 1.29 is 4.79 Å². The van der Waals surface area contributed by atoms with Crippen LogP contribution in [0.15, 0.2) is 24.3 Å². The summed E-state index contributed by atoms with van der Waals surface area (Å²) in [5, 5.41) is 7.21. The number of hydrogen-bond acceptors (Lipinski definition) is 2. The monoisotopic (exact) mass is 294 g/mol. The summed E-state index contributed by atoms with van der Waals surface area (Å²) in [7, 11) is 0. The predicted octanol–water partition coefficient (Wildman–Crippen LogP) is 3.30. The van der Waals surface area contributed by atoms with Crippen LogP contribution in [0, 0.1) is 5.41 Å². The number of carbonyl (C=O) groups is 1. The molecule has 0 radical (unpaired) electrons. The normalized spacial score (nSPS) is 24.1. The van der Waals surface area contributed by atoms with Crippen molar-refractivity contribution in [3.63, 3.8) is 0 Å². The molecule has 2 atom stereocenters. The number of benzene rings is 1. The largest absolute Gasteiger partial charge is 0.349 e. The second kappa shape index (κ2) is 6.59. The second-order valence-corrected chi connectivity index (χ2v) is 6.27. The molecule has 1 fully saturated rings. The maximum Gasteiger partial charge on any atom is 0.227 e. The van der Waals surface area contributed by atoms with E-state index in [1.807, 2.05) is 31.2 Å². The highest BCUT2D eigenvalue weighted by Crippen LogP contribution is 2.28. The predicted molar refractivity (Wildman–Crippen MR) is 82.8 cm³/mol. The second-order valence-electron chi connectivity index (χ2n) is 5.83. The molecule has 1 heterocycles. The van der Waals surface area contributed by atoms with Gasteiger partial charge in [-0.3, -0.25) is 4.79 Å². The van der Waals surface area contributed by atoms with Crippen LogP contribution in [0.25, 0.3) is 0 Å². The number of rotatable bonds is 4. The van der Waals surface area contributed by atoms with E-state index in [4.69, 9.17) is 11.6 Å². The fourth-order valence-corrected chi connectivity index (χ4v) is 2.93. The molecule has 2 N–H and O–H groups in total. The molecule has 2 rings (SSSR count). The first kappa shape index (κ1) is 15.3. The lowest BCUT2D eigenvalue weighted by molar-refractivity contribution is -0.131. The van der Waals surface area contributed by atoms with Crippen molar-refractivity contribution in [1.29, 1.82) is 0 Å². The number of halogens is 1. The van der Waals surface area contributed by atoms with E-state index in [-0.39, 0.29) is 17.4 Å². The van der Waals surface area contributed by atoms with Crippen LogP contribution in [-0.4, -0.2) is 19.0 Å². The molecule has 0 spiro atoms. The first-order valence-corrected chi connectivity index (χ1v) is 7.70. The molecule has 1 aliphatic heterocycles. The van der Waals surface area contributed by atoms with Gasteiger partial charge in [0.1, 0.15) is 0 Å². The van der Waals surface area contributed by atoms with Crippen molar-refractivity contribution in [1.82, 2.24) is 10.6 Å². The molecule has 1 saturated heterocycles. The van der Waals surface area contributed by atoms with Gasteiger partial charge in [0.05, 0.1) is 11.5 Å². The Morgan fingerprint density at radius 2 is 2.35 bits per heavy atom. The molecule has 1 amide bonds. The quantitative estimate of drug-likeness (QED) is 0.894. The summed E-state index contributed by atoms with van der Waals surface area (Å²) in [5.74, 6) is 0.136. The zero-order valence-corrected chi connectivity index (χ0v) is 13.0. The minimum Gasteiger partial charge on any atom is -0.349 e. The highest BCUT2D eigenvalue weighted by Gasteiger charge is 2.35. The smallest absolute Gasteiger partial charge is 0.227 e. The van der Waals surface area contributed by atoms with E-state index in [2.05, 4.69) is 17.6 Å². The molecule has 0 bridgehead atoms. The Bertz CT molecular complexity index is 469. The van der Waals surface area contributed by atoms with Gasteiger partial charge in [-0.25, -0.2) is 0 Å². The van der Waals surface area contributed by atoms with E-state index < -0.39 is 0 Å². The average Bonchev–Trinajstić information content (AvgIpc) is 2.45. The third-order valence-electron chi connectivity index (χ3n) is 4.11. The zero-order valence-electron chi connectivity index (χ0n) is 12.2. The van der Waals surface area contributed by atoms with Crippen molar-refractivity contribution in [3.8, 4) is 0 Å².